The monoisotopic (exact) mass is 230 g/mol. The van der Waals surface area contributed by atoms with Crippen molar-refractivity contribution in [2.75, 3.05) is 13.2 Å². The molecule has 0 radical (unpaired) electrons. The Bertz CT molecular complexity index is 274. The summed E-state index contributed by atoms with van der Waals surface area (Å²) in [5.74, 6) is -0.589. The Kier molecular flexibility index (Phi) is 4.12. The molecule has 1 fully saturated rings. The fourth-order valence-electron chi connectivity index (χ4n) is 1.57. The normalized spacial score (nSPS) is 16.9. The molecule has 0 aromatic rings. The standard InChI is InChI=1S/C10H18N2O4/c1-7(2)10(3-4-10)6-11-9(15)12-16-5-8(13)14/h7H,3-6H2,1-2H3,(H,13,14)(H2,11,12,15). The van der Waals surface area contributed by atoms with E-state index in [1.165, 1.54) is 0 Å². The third kappa shape index (κ3) is 3.69. The topological polar surface area (TPSA) is 87.7 Å². The maximum Gasteiger partial charge on any atom is 0.338 e. The number of aliphatic carboxylic acids is 1. The van der Waals surface area contributed by atoms with Gasteiger partial charge in [-0.05, 0) is 24.2 Å². The van der Waals surface area contributed by atoms with Gasteiger partial charge in [0.15, 0.2) is 6.61 Å². The first-order chi connectivity index (χ1) is 7.46. The molecule has 2 amide bonds. The highest BCUT2D eigenvalue weighted by atomic mass is 16.7. The average molecular weight is 230 g/mol. The first kappa shape index (κ1) is 12.8. The van der Waals surface area contributed by atoms with Crippen molar-refractivity contribution >= 4 is 12.0 Å². The molecule has 0 bridgehead atoms. The van der Waals surface area contributed by atoms with Crippen molar-refractivity contribution in [1.29, 1.82) is 0 Å². The van der Waals surface area contributed by atoms with E-state index in [4.69, 9.17) is 5.11 Å². The van der Waals surface area contributed by atoms with E-state index in [1.807, 2.05) is 5.48 Å². The maximum absolute atomic E-state index is 11.2. The molecule has 0 aliphatic heterocycles. The first-order valence-corrected chi connectivity index (χ1v) is 5.34. The molecule has 1 aliphatic carbocycles. The third-order valence-electron chi connectivity index (χ3n) is 3.08. The molecule has 0 saturated heterocycles. The number of hydroxylamine groups is 1. The van der Waals surface area contributed by atoms with Crippen LogP contribution in [0.1, 0.15) is 26.7 Å². The quantitative estimate of drug-likeness (QED) is 0.587. The summed E-state index contributed by atoms with van der Waals surface area (Å²) in [7, 11) is 0. The van der Waals surface area contributed by atoms with Crippen LogP contribution in [0.4, 0.5) is 4.79 Å². The zero-order valence-corrected chi connectivity index (χ0v) is 9.58. The molecule has 1 saturated carbocycles. The zero-order chi connectivity index (χ0) is 12.2. The van der Waals surface area contributed by atoms with Crippen molar-refractivity contribution < 1.29 is 19.5 Å². The van der Waals surface area contributed by atoms with E-state index in [-0.39, 0.29) is 5.41 Å². The van der Waals surface area contributed by atoms with Gasteiger partial charge in [0.1, 0.15) is 0 Å². The molecule has 3 N–H and O–H groups in total. The Morgan fingerprint density at radius 1 is 1.44 bits per heavy atom. The lowest BCUT2D eigenvalue weighted by Gasteiger charge is -2.19. The van der Waals surface area contributed by atoms with E-state index < -0.39 is 18.6 Å². The molecule has 6 heteroatoms. The third-order valence-corrected chi connectivity index (χ3v) is 3.08. The van der Waals surface area contributed by atoms with Crippen LogP contribution in [0.5, 0.6) is 0 Å². The lowest BCUT2D eigenvalue weighted by molar-refractivity contribution is -0.144. The van der Waals surface area contributed by atoms with Crippen LogP contribution in [0.15, 0.2) is 0 Å². The minimum Gasteiger partial charge on any atom is -0.479 e. The fourth-order valence-corrected chi connectivity index (χ4v) is 1.57. The molecular formula is C10H18N2O4. The van der Waals surface area contributed by atoms with Crippen molar-refractivity contribution in [2.24, 2.45) is 11.3 Å². The summed E-state index contributed by atoms with van der Waals surface area (Å²) in [5, 5.41) is 10.9. The van der Waals surface area contributed by atoms with E-state index in [2.05, 4.69) is 24.0 Å². The molecule has 0 spiro atoms. The summed E-state index contributed by atoms with van der Waals surface area (Å²) >= 11 is 0. The number of amides is 2. The van der Waals surface area contributed by atoms with Gasteiger partial charge in [-0.1, -0.05) is 13.8 Å². The largest absolute Gasteiger partial charge is 0.479 e. The summed E-state index contributed by atoms with van der Waals surface area (Å²) in [6, 6.07) is -0.492. The van der Waals surface area contributed by atoms with Crippen molar-refractivity contribution in [2.45, 2.75) is 26.7 Å². The van der Waals surface area contributed by atoms with Crippen LogP contribution in [0.3, 0.4) is 0 Å². The number of urea groups is 1. The smallest absolute Gasteiger partial charge is 0.338 e. The number of carbonyl (C=O) groups is 2. The van der Waals surface area contributed by atoms with Crippen LogP contribution in [0.2, 0.25) is 0 Å². The predicted octanol–water partition coefficient (Wildman–Crippen LogP) is 0.738. The van der Waals surface area contributed by atoms with Crippen molar-refractivity contribution in [1.82, 2.24) is 10.8 Å². The van der Waals surface area contributed by atoms with E-state index >= 15 is 0 Å². The molecule has 0 unspecified atom stereocenters. The highest BCUT2D eigenvalue weighted by Crippen LogP contribution is 2.51. The van der Waals surface area contributed by atoms with E-state index in [0.717, 1.165) is 12.8 Å². The van der Waals surface area contributed by atoms with E-state index in [0.29, 0.717) is 12.5 Å². The Morgan fingerprint density at radius 3 is 2.50 bits per heavy atom. The van der Waals surface area contributed by atoms with Crippen LogP contribution in [-0.2, 0) is 9.63 Å². The molecule has 0 heterocycles. The van der Waals surface area contributed by atoms with Gasteiger partial charge in [-0.15, -0.1) is 0 Å². The van der Waals surface area contributed by atoms with Crippen LogP contribution >= 0.6 is 0 Å². The minimum absolute atomic E-state index is 0.226. The molecule has 1 aliphatic rings. The number of nitrogens with one attached hydrogen (secondary N) is 2. The van der Waals surface area contributed by atoms with Gasteiger partial charge in [-0.2, -0.15) is 0 Å². The molecule has 0 aromatic carbocycles. The summed E-state index contributed by atoms with van der Waals surface area (Å²) in [6.07, 6.45) is 2.25. The molecule has 0 aromatic heterocycles. The van der Waals surface area contributed by atoms with Gasteiger partial charge in [-0.25, -0.2) is 15.1 Å². The van der Waals surface area contributed by atoms with Gasteiger partial charge in [0.25, 0.3) is 0 Å². The van der Waals surface area contributed by atoms with Crippen LogP contribution in [0, 0.1) is 11.3 Å². The first-order valence-electron chi connectivity index (χ1n) is 5.34. The maximum atomic E-state index is 11.2. The Balaban J connectivity index is 2.13. The minimum atomic E-state index is -1.12. The summed E-state index contributed by atoms with van der Waals surface area (Å²) < 4.78 is 0. The lowest BCUT2D eigenvalue weighted by Crippen LogP contribution is -2.40. The highest BCUT2D eigenvalue weighted by Gasteiger charge is 2.45. The number of hydrogen-bond acceptors (Lipinski definition) is 3. The van der Waals surface area contributed by atoms with Gasteiger partial charge in [0.2, 0.25) is 0 Å². The van der Waals surface area contributed by atoms with Gasteiger partial charge >= 0.3 is 12.0 Å². The second kappa shape index (κ2) is 5.16. The van der Waals surface area contributed by atoms with Gasteiger partial charge in [0.05, 0.1) is 0 Å². The number of carboxylic acid groups (broad SMARTS) is 1. The second-order valence-corrected chi connectivity index (χ2v) is 4.48. The number of rotatable bonds is 6. The lowest BCUT2D eigenvalue weighted by atomic mass is 9.92. The van der Waals surface area contributed by atoms with Crippen LogP contribution in [0.25, 0.3) is 0 Å². The van der Waals surface area contributed by atoms with Crippen molar-refractivity contribution in [3.63, 3.8) is 0 Å². The molecule has 1 rings (SSSR count). The average Bonchev–Trinajstić information content (AvgIpc) is 2.95. The van der Waals surface area contributed by atoms with E-state index in [9.17, 15) is 9.59 Å². The SMILES string of the molecule is CC(C)C1(CNC(=O)NOCC(=O)O)CC1. The van der Waals surface area contributed by atoms with Crippen molar-refractivity contribution in [3.8, 4) is 0 Å². The van der Waals surface area contributed by atoms with Crippen molar-refractivity contribution in [3.05, 3.63) is 0 Å². The number of carbonyl (C=O) groups excluding carboxylic acids is 1. The number of carboxylic acids is 1. The van der Waals surface area contributed by atoms with Gasteiger partial charge in [0, 0.05) is 6.54 Å². The fraction of sp³-hybridized carbons (Fsp3) is 0.800. The molecule has 16 heavy (non-hydrogen) atoms. The van der Waals surface area contributed by atoms with E-state index in [1.54, 1.807) is 0 Å². The molecule has 92 valence electrons. The zero-order valence-electron chi connectivity index (χ0n) is 9.58. The molecule has 6 nitrogen and oxygen atoms in total. The van der Waals surface area contributed by atoms with Gasteiger partial charge < -0.3 is 10.4 Å². The Morgan fingerprint density at radius 2 is 2.06 bits per heavy atom. The summed E-state index contributed by atoms with van der Waals surface area (Å²) in [4.78, 5) is 25.7. The summed E-state index contributed by atoms with van der Waals surface area (Å²) in [6.45, 7) is 4.33. The Hall–Kier alpha value is -1.30. The molecule has 0 atom stereocenters. The second-order valence-electron chi connectivity index (χ2n) is 4.48. The predicted molar refractivity (Wildman–Crippen MR) is 56.6 cm³/mol. The molecular weight excluding hydrogens is 212 g/mol. The Labute approximate surface area is 94.3 Å². The van der Waals surface area contributed by atoms with Gasteiger partial charge in [-0.3, -0.25) is 4.84 Å². The number of hydrogen-bond donors (Lipinski definition) is 3. The van der Waals surface area contributed by atoms with Crippen LogP contribution in [-0.4, -0.2) is 30.3 Å². The summed E-state index contributed by atoms with van der Waals surface area (Å²) in [5.41, 5.74) is 2.25. The highest BCUT2D eigenvalue weighted by molar-refractivity contribution is 5.73. The van der Waals surface area contributed by atoms with Crippen LogP contribution < -0.4 is 10.8 Å².